The normalized spacial score (nSPS) is 24.0. The van der Waals surface area contributed by atoms with Crippen LogP contribution in [-0.2, 0) is 16.1 Å². The third-order valence-electron chi connectivity index (χ3n) is 5.75. The molecule has 0 spiro atoms. The first kappa shape index (κ1) is 18.4. The van der Waals surface area contributed by atoms with Crippen LogP contribution in [0.4, 0.5) is 5.69 Å². The summed E-state index contributed by atoms with van der Waals surface area (Å²) < 4.78 is 5.59. The Balaban J connectivity index is 1.59. The molecule has 1 atom stereocenters. The van der Waals surface area contributed by atoms with Gasteiger partial charge in [-0.3, -0.25) is 9.69 Å². The lowest BCUT2D eigenvalue weighted by molar-refractivity contribution is -0.140. The van der Waals surface area contributed by atoms with Crippen molar-refractivity contribution in [2.24, 2.45) is 0 Å². The highest BCUT2D eigenvalue weighted by Gasteiger charge is 2.39. The lowest BCUT2D eigenvalue weighted by atomic mass is 9.91. The van der Waals surface area contributed by atoms with Gasteiger partial charge in [-0.05, 0) is 69.9 Å². The van der Waals surface area contributed by atoms with Crippen molar-refractivity contribution in [3.05, 3.63) is 29.8 Å². The first-order chi connectivity index (χ1) is 12.1. The van der Waals surface area contributed by atoms with Gasteiger partial charge in [0.25, 0.3) is 5.91 Å². The molecule has 5 heteroatoms. The van der Waals surface area contributed by atoms with Crippen molar-refractivity contribution in [3.8, 4) is 0 Å². The van der Waals surface area contributed by atoms with E-state index < -0.39 is 5.60 Å². The molecule has 1 aromatic carbocycles. The maximum absolute atomic E-state index is 12.7. The van der Waals surface area contributed by atoms with Crippen LogP contribution in [0.25, 0.3) is 0 Å². The number of ether oxygens (including phenoxy) is 1. The van der Waals surface area contributed by atoms with E-state index in [0.29, 0.717) is 18.9 Å². The van der Waals surface area contributed by atoms with Gasteiger partial charge >= 0.3 is 0 Å². The Bertz CT molecular complexity index is 567. The first-order valence-corrected chi connectivity index (χ1v) is 9.53. The molecule has 2 saturated heterocycles. The van der Waals surface area contributed by atoms with Gasteiger partial charge in [0, 0.05) is 25.4 Å². The molecule has 0 aliphatic carbocycles. The molecule has 2 aliphatic rings. The number of rotatable bonds is 5. The Kier molecular flexibility index (Phi) is 6.10. The van der Waals surface area contributed by atoms with Crippen LogP contribution in [0.3, 0.4) is 0 Å². The van der Waals surface area contributed by atoms with Crippen LogP contribution in [0.2, 0.25) is 0 Å². The zero-order chi connectivity index (χ0) is 17.7. The van der Waals surface area contributed by atoms with Crippen LogP contribution in [0.5, 0.6) is 0 Å². The molecule has 1 amide bonds. The number of amides is 1. The van der Waals surface area contributed by atoms with Crippen LogP contribution in [-0.4, -0.2) is 49.2 Å². The monoisotopic (exact) mass is 345 g/mol. The fourth-order valence-electron chi connectivity index (χ4n) is 3.92. The zero-order valence-electron chi connectivity index (χ0n) is 15.5. The molecule has 2 heterocycles. The fraction of sp³-hybridized carbons (Fsp3) is 0.650. The summed E-state index contributed by atoms with van der Waals surface area (Å²) in [5.74, 6) is -0.0334. The van der Waals surface area contributed by atoms with Crippen molar-refractivity contribution in [1.29, 1.82) is 0 Å². The maximum atomic E-state index is 12.7. The molecular weight excluding hydrogens is 314 g/mol. The Morgan fingerprint density at radius 1 is 1.28 bits per heavy atom. The summed E-state index contributed by atoms with van der Waals surface area (Å²) in [6, 6.07) is 8.92. The molecule has 0 bridgehead atoms. The van der Waals surface area contributed by atoms with E-state index in [1.807, 2.05) is 12.1 Å². The number of anilines is 1. The van der Waals surface area contributed by atoms with Crippen molar-refractivity contribution in [2.75, 3.05) is 32.1 Å². The Labute approximate surface area is 151 Å². The summed E-state index contributed by atoms with van der Waals surface area (Å²) >= 11 is 0. The van der Waals surface area contributed by atoms with Gasteiger partial charge in [-0.1, -0.05) is 18.6 Å². The van der Waals surface area contributed by atoms with E-state index in [-0.39, 0.29) is 5.91 Å². The van der Waals surface area contributed by atoms with Crippen molar-refractivity contribution in [2.45, 2.75) is 57.2 Å². The second-order valence-electron chi connectivity index (χ2n) is 7.41. The van der Waals surface area contributed by atoms with E-state index in [9.17, 15) is 4.79 Å². The average Bonchev–Trinajstić information content (AvgIpc) is 2.65. The number of methoxy groups -OCH3 is 1. The Morgan fingerprint density at radius 2 is 2.00 bits per heavy atom. The number of hydrogen-bond acceptors (Lipinski definition) is 4. The average molecular weight is 345 g/mol. The third-order valence-corrected chi connectivity index (χ3v) is 5.75. The summed E-state index contributed by atoms with van der Waals surface area (Å²) in [6.45, 7) is 6.12. The molecule has 0 radical (unpaired) electrons. The molecule has 2 fully saturated rings. The number of nitrogens with one attached hydrogen (secondary N) is 2. The standard InChI is InChI=1S/C20H31N3O2/c1-16-5-3-4-14-23(16)15-17-6-8-18(9-7-17)22-19(24)20(25-2)10-12-21-13-11-20/h6-9,16,21H,3-5,10-15H2,1-2H3,(H,22,24). The second kappa shape index (κ2) is 8.30. The minimum absolute atomic E-state index is 0.0334. The maximum Gasteiger partial charge on any atom is 0.256 e. The number of benzene rings is 1. The van der Waals surface area contributed by atoms with Gasteiger partial charge in [-0.2, -0.15) is 0 Å². The summed E-state index contributed by atoms with van der Waals surface area (Å²) in [4.78, 5) is 15.2. The number of hydrogen-bond donors (Lipinski definition) is 2. The molecule has 3 rings (SSSR count). The fourth-order valence-corrected chi connectivity index (χ4v) is 3.92. The van der Waals surface area contributed by atoms with Crippen molar-refractivity contribution in [3.63, 3.8) is 0 Å². The molecule has 138 valence electrons. The first-order valence-electron chi connectivity index (χ1n) is 9.53. The largest absolute Gasteiger partial charge is 0.368 e. The lowest BCUT2D eigenvalue weighted by Gasteiger charge is -2.34. The molecule has 2 N–H and O–H groups in total. The highest BCUT2D eigenvalue weighted by molar-refractivity contribution is 5.97. The minimum Gasteiger partial charge on any atom is -0.368 e. The van der Waals surface area contributed by atoms with Gasteiger partial charge in [0.15, 0.2) is 0 Å². The van der Waals surface area contributed by atoms with Gasteiger partial charge in [0.05, 0.1) is 0 Å². The molecule has 5 nitrogen and oxygen atoms in total. The third kappa shape index (κ3) is 4.40. The number of carbonyl (C=O) groups excluding carboxylic acids is 1. The topological polar surface area (TPSA) is 53.6 Å². The van der Waals surface area contributed by atoms with Crippen molar-refractivity contribution < 1.29 is 9.53 Å². The minimum atomic E-state index is -0.701. The quantitative estimate of drug-likeness (QED) is 0.862. The van der Waals surface area contributed by atoms with E-state index in [2.05, 4.69) is 34.6 Å². The van der Waals surface area contributed by atoms with Crippen LogP contribution in [0.15, 0.2) is 24.3 Å². The lowest BCUT2D eigenvalue weighted by Crippen LogP contribution is -2.51. The van der Waals surface area contributed by atoms with Crippen LogP contribution < -0.4 is 10.6 Å². The van der Waals surface area contributed by atoms with Crippen LogP contribution in [0.1, 0.15) is 44.6 Å². The molecule has 1 unspecified atom stereocenters. The number of nitrogens with zero attached hydrogens (tertiary/aromatic N) is 1. The molecular formula is C20H31N3O2. The van der Waals surface area contributed by atoms with E-state index in [1.54, 1.807) is 7.11 Å². The van der Waals surface area contributed by atoms with Gasteiger partial charge in [0.1, 0.15) is 5.60 Å². The van der Waals surface area contributed by atoms with Crippen LogP contribution in [0, 0.1) is 0 Å². The van der Waals surface area contributed by atoms with Crippen molar-refractivity contribution >= 4 is 11.6 Å². The molecule has 2 aliphatic heterocycles. The van der Waals surface area contributed by atoms with E-state index >= 15 is 0 Å². The second-order valence-corrected chi connectivity index (χ2v) is 7.41. The number of likely N-dealkylation sites (tertiary alicyclic amines) is 1. The smallest absolute Gasteiger partial charge is 0.256 e. The molecule has 1 aromatic rings. The van der Waals surface area contributed by atoms with Gasteiger partial charge < -0.3 is 15.4 Å². The predicted octanol–water partition coefficient (Wildman–Crippen LogP) is 2.77. The van der Waals surface area contributed by atoms with Gasteiger partial charge in [0.2, 0.25) is 0 Å². The van der Waals surface area contributed by atoms with Crippen LogP contribution >= 0.6 is 0 Å². The summed E-state index contributed by atoms with van der Waals surface area (Å²) in [7, 11) is 1.63. The number of carbonyl (C=O) groups is 1. The predicted molar refractivity (Wildman–Crippen MR) is 101 cm³/mol. The van der Waals surface area contributed by atoms with E-state index in [0.717, 1.165) is 25.3 Å². The summed E-state index contributed by atoms with van der Waals surface area (Å²) in [5, 5.41) is 6.32. The zero-order valence-corrected chi connectivity index (χ0v) is 15.5. The Hall–Kier alpha value is -1.43. The van der Waals surface area contributed by atoms with E-state index in [1.165, 1.54) is 31.4 Å². The highest BCUT2D eigenvalue weighted by atomic mass is 16.5. The van der Waals surface area contributed by atoms with Crippen molar-refractivity contribution in [1.82, 2.24) is 10.2 Å². The van der Waals surface area contributed by atoms with Gasteiger partial charge in [-0.15, -0.1) is 0 Å². The molecule has 0 aromatic heterocycles. The molecule has 0 saturated carbocycles. The molecule has 25 heavy (non-hydrogen) atoms. The highest BCUT2D eigenvalue weighted by Crippen LogP contribution is 2.25. The number of piperidine rings is 2. The summed E-state index contributed by atoms with van der Waals surface area (Å²) in [6.07, 6.45) is 5.36. The summed E-state index contributed by atoms with van der Waals surface area (Å²) in [5.41, 5.74) is 1.44. The Morgan fingerprint density at radius 3 is 2.64 bits per heavy atom. The SMILES string of the molecule is COC1(C(=O)Nc2ccc(CN3CCCCC3C)cc2)CCNCC1. The van der Waals surface area contributed by atoms with Gasteiger partial charge in [-0.25, -0.2) is 0 Å². The van der Waals surface area contributed by atoms with E-state index in [4.69, 9.17) is 4.74 Å².